The molecule has 0 fully saturated rings. The summed E-state index contributed by atoms with van der Waals surface area (Å²) < 4.78 is 11.9. The van der Waals surface area contributed by atoms with Crippen molar-refractivity contribution in [3.05, 3.63) is 53.9 Å². The number of aryl methyl sites for hydroxylation is 2. The number of esters is 1. The second-order valence-electron chi connectivity index (χ2n) is 9.21. The molecule has 1 aromatic carbocycles. The number of carbonyl (C=O) groups excluding carboxylic acids is 2. The zero-order chi connectivity index (χ0) is 25.4. The van der Waals surface area contributed by atoms with Gasteiger partial charge in [-0.3, -0.25) is 4.79 Å². The van der Waals surface area contributed by atoms with Crippen molar-refractivity contribution in [1.29, 1.82) is 0 Å². The Morgan fingerprint density at radius 1 is 1.11 bits per heavy atom. The van der Waals surface area contributed by atoms with Crippen molar-refractivity contribution in [2.24, 2.45) is 5.92 Å². The molecule has 0 aliphatic rings. The standard InChI is InChI=1S/C27H36N4O4/c1-18(2)14-19(3)29-21-15-22-24(30-23(32)17-34-4)25(27(33)35-5)31(26(22)28-16-21)13-9-12-20-10-7-6-8-11-20/h6-8,10-11,15-16,18-19,29H,9,12-14,17H2,1-5H3,(H,30,32)/t19-/m0/s1. The number of aromatic nitrogens is 2. The van der Waals surface area contributed by atoms with Crippen LogP contribution in [0, 0.1) is 5.92 Å². The first-order valence-corrected chi connectivity index (χ1v) is 12.0. The molecule has 0 bridgehead atoms. The van der Waals surface area contributed by atoms with Crippen LogP contribution in [-0.2, 0) is 27.2 Å². The van der Waals surface area contributed by atoms with Crippen molar-refractivity contribution in [2.75, 3.05) is 31.5 Å². The maximum Gasteiger partial charge on any atom is 0.356 e. The van der Waals surface area contributed by atoms with E-state index in [2.05, 4.69) is 43.5 Å². The minimum absolute atomic E-state index is 0.127. The topological polar surface area (TPSA) is 94.5 Å². The smallest absolute Gasteiger partial charge is 0.356 e. The number of hydrogen-bond donors (Lipinski definition) is 2. The van der Waals surface area contributed by atoms with E-state index < -0.39 is 5.97 Å². The molecule has 1 atom stereocenters. The fourth-order valence-corrected chi connectivity index (χ4v) is 4.40. The molecule has 8 nitrogen and oxygen atoms in total. The van der Waals surface area contributed by atoms with Gasteiger partial charge in [0.1, 0.15) is 12.3 Å². The van der Waals surface area contributed by atoms with Gasteiger partial charge in [0.05, 0.1) is 24.7 Å². The van der Waals surface area contributed by atoms with Crippen LogP contribution in [0.3, 0.4) is 0 Å². The Hall–Kier alpha value is -3.39. The molecular formula is C27H36N4O4. The van der Waals surface area contributed by atoms with E-state index in [1.54, 1.807) is 6.20 Å². The van der Waals surface area contributed by atoms with Gasteiger partial charge in [0.2, 0.25) is 5.91 Å². The molecule has 1 amide bonds. The molecule has 8 heteroatoms. The van der Waals surface area contributed by atoms with Gasteiger partial charge in [-0.05, 0) is 43.7 Å². The van der Waals surface area contributed by atoms with E-state index in [9.17, 15) is 9.59 Å². The van der Waals surface area contributed by atoms with Crippen LogP contribution in [0.5, 0.6) is 0 Å². The molecule has 0 radical (unpaired) electrons. The SMILES string of the molecule is COCC(=O)Nc1c(C(=O)OC)n(CCCc2ccccc2)c2ncc(N[C@@H](C)CC(C)C)cc12. The molecule has 0 saturated carbocycles. The van der Waals surface area contributed by atoms with E-state index in [1.807, 2.05) is 28.8 Å². The molecule has 2 N–H and O–H groups in total. The van der Waals surface area contributed by atoms with Crippen LogP contribution in [-0.4, -0.2) is 48.3 Å². The molecule has 0 saturated heterocycles. The van der Waals surface area contributed by atoms with Crippen LogP contribution in [0.4, 0.5) is 11.4 Å². The lowest BCUT2D eigenvalue weighted by molar-refractivity contribution is -0.119. The highest BCUT2D eigenvalue weighted by Gasteiger charge is 2.26. The quantitative estimate of drug-likeness (QED) is 0.359. The van der Waals surface area contributed by atoms with Crippen LogP contribution >= 0.6 is 0 Å². The molecule has 0 spiro atoms. The van der Waals surface area contributed by atoms with E-state index in [1.165, 1.54) is 19.8 Å². The van der Waals surface area contributed by atoms with Gasteiger partial charge < -0.3 is 24.7 Å². The summed E-state index contributed by atoms with van der Waals surface area (Å²) in [6, 6.07) is 12.4. The van der Waals surface area contributed by atoms with Gasteiger partial charge in [-0.2, -0.15) is 0 Å². The number of ether oxygens (including phenoxy) is 2. The molecule has 0 unspecified atom stereocenters. The lowest BCUT2D eigenvalue weighted by atomic mass is 10.1. The minimum Gasteiger partial charge on any atom is -0.464 e. The predicted molar refractivity (Wildman–Crippen MR) is 139 cm³/mol. The molecule has 188 valence electrons. The Bertz CT molecular complexity index is 1140. The highest BCUT2D eigenvalue weighted by molar-refractivity contribution is 6.11. The summed E-state index contributed by atoms with van der Waals surface area (Å²) in [5, 5.41) is 7.02. The number of pyridine rings is 1. The largest absolute Gasteiger partial charge is 0.464 e. The number of nitrogens with zero attached hydrogens (tertiary/aromatic N) is 2. The molecule has 0 aliphatic heterocycles. The van der Waals surface area contributed by atoms with Crippen molar-refractivity contribution in [2.45, 2.75) is 52.6 Å². The highest BCUT2D eigenvalue weighted by atomic mass is 16.5. The second-order valence-corrected chi connectivity index (χ2v) is 9.21. The van der Waals surface area contributed by atoms with Crippen LogP contribution in [0.2, 0.25) is 0 Å². The van der Waals surface area contributed by atoms with Crippen molar-refractivity contribution in [3.63, 3.8) is 0 Å². The number of amides is 1. The monoisotopic (exact) mass is 480 g/mol. The third kappa shape index (κ3) is 6.82. The number of benzene rings is 1. The summed E-state index contributed by atoms with van der Waals surface area (Å²) in [5.74, 6) is -0.333. The lowest BCUT2D eigenvalue weighted by Gasteiger charge is -2.17. The fourth-order valence-electron chi connectivity index (χ4n) is 4.40. The molecule has 3 rings (SSSR count). The molecule has 2 aromatic heterocycles. The van der Waals surface area contributed by atoms with Crippen molar-refractivity contribution in [3.8, 4) is 0 Å². The zero-order valence-electron chi connectivity index (χ0n) is 21.3. The summed E-state index contributed by atoms with van der Waals surface area (Å²) in [6.45, 7) is 6.90. The Balaban J connectivity index is 2.02. The predicted octanol–water partition coefficient (Wildman–Crippen LogP) is 4.89. The van der Waals surface area contributed by atoms with Gasteiger partial charge in [-0.15, -0.1) is 0 Å². The number of anilines is 2. The first-order valence-electron chi connectivity index (χ1n) is 12.0. The van der Waals surface area contributed by atoms with Crippen LogP contribution in [0.1, 0.15) is 49.7 Å². The van der Waals surface area contributed by atoms with Gasteiger partial charge in [0.15, 0.2) is 5.69 Å². The fraction of sp³-hybridized carbons (Fsp3) is 0.444. The normalized spacial score (nSPS) is 12.1. The number of fused-ring (bicyclic) bond motifs is 1. The minimum atomic E-state index is -0.530. The zero-order valence-corrected chi connectivity index (χ0v) is 21.3. The van der Waals surface area contributed by atoms with E-state index in [0.717, 1.165) is 24.9 Å². The molecule has 35 heavy (non-hydrogen) atoms. The van der Waals surface area contributed by atoms with Crippen LogP contribution in [0.25, 0.3) is 11.0 Å². The van der Waals surface area contributed by atoms with Gasteiger partial charge in [-0.25, -0.2) is 9.78 Å². The first-order chi connectivity index (χ1) is 16.8. The summed E-state index contributed by atoms with van der Waals surface area (Å²) >= 11 is 0. The van der Waals surface area contributed by atoms with Crippen molar-refractivity contribution in [1.82, 2.24) is 9.55 Å². The second kappa shape index (κ2) is 12.4. The molecule has 0 aliphatic carbocycles. The van der Waals surface area contributed by atoms with Crippen molar-refractivity contribution < 1.29 is 19.1 Å². The average Bonchev–Trinajstić information content (AvgIpc) is 3.11. The third-order valence-electron chi connectivity index (χ3n) is 5.75. The maximum absolute atomic E-state index is 12.9. The molecule has 3 aromatic rings. The van der Waals surface area contributed by atoms with E-state index in [-0.39, 0.29) is 24.2 Å². The summed E-state index contributed by atoms with van der Waals surface area (Å²) in [6.07, 6.45) is 4.41. The first kappa shape index (κ1) is 26.2. The third-order valence-corrected chi connectivity index (χ3v) is 5.75. The summed E-state index contributed by atoms with van der Waals surface area (Å²) in [5.41, 5.74) is 3.33. The van der Waals surface area contributed by atoms with Gasteiger partial charge >= 0.3 is 5.97 Å². The Morgan fingerprint density at radius 2 is 1.86 bits per heavy atom. The van der Waals surface area contributed by atoms with E-state index >= 15 is 0 Å². The van der Waals surface area contributed by atoms with E-state index in [0.29, 0.717) is 29.2 Å². The van der Waals surface area contributed by atoms with Crippen LogP contribution in [0.15, 0.2) is 42.6 Å². The summed E-state index contributed by atoms with van der Waals surface area (Å²) in [7, 11) is 2.79. The maximum atomic E-state index is 12.9. The average molecular weight is 481 g/mol. The van der Waals surface area contributed by atoms with E-state index in [4.69, 9.17) is 14.5 Å². The van der Waals surface area contributed by atoms with Gasteiger partial charge in [0.25, 0.3) is 0 Å². The summed E-state index contributed by atoms with van der Waals surface area (Å²) in [4.78, 5) is 30.1. The molecular weight excluding hydrogens is 444 g/mol. The van der Waals surface area contributed by atoms with Crippen molar-refractivity contribution >= 4 is 34.3 Å². The number of nitrogens with one attached hydrogen (secondary N) is 2. The van der Waals surface area contributed by atoms with Crippen LogP contribution < -0.4 is 10.6 Å². The Morgan fingerprint density at radius 3 is 2.51 bits per heavy atom. The Kier molecular flexibility index (Phi) is 9.25. The number of carbonyl (C=O) groups is 2. The van der Waals surface area contributed by atoms with Gasteiger partial charge in [-0.1, -0.05) is 44.2 Å². The number of hydrogen-bond acceptors (Lipinski definition) is 6. The Labute approximate surface area is 207 Å². The molecule has 2 heterocycles. The van der Waals surface area contributed by atoms with Gasteiger partial charge in [0, 0.05) is 25.1 Å². The highest BCUT2D eigenvalue weighted by Crippen LogP contribution is 2.33. The number of rotatable bonds is 12. The lowest BCUT2D eigenvalue weighted by Crippen LogP contribution is -2.20. The number of methoxy groups -OCH3 is 2.